The number of carbonyl (C=O) groups excluding carboxylic acids is 1. The van der Waals surface area contributed by atoms with E-state index in [1.165, 1.54) is 0 Å². The summed E-state index contributed by atoms with van der Waals surface area (Å²) in [5, 5.41) is 2.51. The van der Waals surface area contributed by atoms with Crippen LogP contribution >= 0.6 is 11.6 Å². The van der Waals surface area contributed by atoms with E-state index in [4.69, 9.17) is 21.1 Å². The van der Waals surface area contributed by atoms with Crippen molar-refractivity contribution in [3.05, 3.63) is 24.3 Å². The van der Waals surface area contributed by atoms with Gasteiger partial charge in [-0.2, -0.15) is 0 Å². The predicted octanol–water partition coefficient (Wildman–Crippen LogP) is 2.37. The highest BCUT2D eigenvalue weighted by Gasteiger charge is 2.07. The Hall–Kier alpha value is -1.79. The van der Waals surface area contributed by atoms with Gasteiger partial charge in [-0.1, -0.05) is 12.1 Å². The average molecular weight is 284 g/mol. The van der Waals surface area contributed by atoms with Crippen LogP contribution in [0.5, 0.6) is 0 Å². The maximum Gasteiger partial charge on any atom is 0.414 e. The number of nitrogens with one attached hydrogen (secondary N) is 2. The monoisotopic (exact) mass is 283 g/mol. The number of alkyl halides is 1. The van der Waals surface area contributed by atoms with Crippen molar-refractivity contribution in [2.75, 3.05) is 31.0 Å². The lowest BCUT2D eigenvalue weighted by molar-refractivity contribution is 0.0858. The molecular formula is C12H14ClN3O3. The molecule has 0 aliphatic heterocycles. The van der Waals surface area contributed by atoms with Crippen molar-refractivity contribution < 1.29 is 14.3 Å². The molecule has 2 aromatic rings. The summed E-state index contributed by atoms with van der Waals surface area (Å²) in [6, 6.07) is 7.48. The summed E-state index contributed by atoms with van der Waals surface area (Å²) < 4.78 is 9.98. The molecule has 6 nitrogen and oxygen atoms in total. The number of halogens is 1. The van der Waals surface area contributed by atoms with E-state index < -0.39 is 6.09 Å². The van der Waals surface area contributed by atoms with E-state index in [0.717, 1.165) is 11.0 Å². The van der Waals surface area contributed by atoms with Gasteiger partial charge in [-0.25, -0.2) is 9.78 Å². The van der Waals surface area contributed by atoms with Crippen LogP contribution in [0.2, 0.25) is 0 Å². The van der Waals surface area contributed by atoms with Crippen LogP contribution in [0.25, 0.3) is 11.0 Å². The van der Waals surface area contributed by atoms with Crippen LogP contribution in [0.4, 0.5) is 10.7 Å². The van der Waals surface area contributed by atoms with Crippen LogP contribution in [-0.4, -0.2) is 41.8 Å². The highest BCUT2D eigenvalue weighted by molar-refractivity contribution is 6.17. The van der Waals surface area contributed by atoms with Gasteiger partial charge < -0.3 is 14.5 Å². The highest BCUT2D eigenvalue weighted by Crippen LogP contribution is 2.13. The van der Waals surface area contributed by atoms with E-state index in [0.29, 0.717) is 25.0 Å². The molecule has 1 heterocycles. The molecule has 0 aliphatic rings. The van der Waals surface area contributed by atoms with Crippen LogP contribution in [0.15, 0.2) is 24.3 Å². The number of rotatable bonds is 6. The summed E-state index contributed by atoms with van der Waals surface area (Å²) >= 11 is 5.43. The largest absolute Gasteiger partial charge is 0.447 e. The van der Waals surface area contributed by atoms with Gasteiger partial charge in [0.05, 0.1) is 24.2 Å². The Morgan fingerprint density at radius 3 is 2.95 bits per heavy atom. The second-order valence-corrected chi connectivity index (χ2v) is 4.04. The van der Waals surface area contributed by atoms with Gasteiger partial charge in [-0.3, -0.25) is 5.32 Å². The SMILES string of the molecule is O=C(Nc1nc2ccccc2[nH]1)OCCOCCCl. The number of hydrogen-bond donors (Lipinski definition) is 2. The molecule has 7 heteroatoms. The zero-order valence-corrected chi connectivity index (χ0v) is 10.9. The number of nitrogens with zero attached hydrogens (tertiary/aromatic N) is 1. The lowest BCUT2D eigenvalue weighted by Gasteiger charge is -2.04. The molecule has 1 aromatic carbocycles. The second kappa shape index (κ2) is 6.96. The first-order chi connectivity index (χ1) is 9.29. The number of amides is 1. The number of hydrogen-bond acceptors (Lipinski definition) is 4. The zero-order valence-electron chi connectivity index (χ0n) is 10.2. The van der Waals surface area contributed by atoms with Gasteiger partial charge in [0.2, 0.25) is 5.95 Å². The normalized spacial score (nSPS) is 10.6. The van der Waals surface area contributed by atoms with Crippen LogP contribution in [0.1, 0.15) is 0 Å². The first-order valence-corrected chi connectivity index (χ1v) is 6.35. The summed E-state index contributed by atoms with van der Waals surface area (Å²) in [5.74, 6) is 0.776. The van der Waals surface area contributed by atoms with Crippen molar-refractivity contribution in [3.8, 4) is 0 Å². The second-order valence-electron chi connectivity index (χ2n) is 3.66. The molecular weight excluding hydrogens is 270 g/mol. The summed E-state index contributed by atoms with van der Waals surface area (Å²) in [7, 11) is 0. The number of para-hydroxylation sites is 2. The van der Waals surface area contributed by atoms with Gasteiger partial charge in [0.1, 0.15) is 6.61 Å². The van der Waals surface area contributed by atoms with Crippen molar-refractivity contribution in [1.82, 2.24) is 9.97 Å². The highest BCUT2D eigenvalue weighted by atomic mass is 35.5. The molecule has 2 N–H and O–H groups in total. The number of carbonyl (C=O) groups is 1. The van der Waals surface area contributed by atoms with Crippen molar-refractivity contribution in [3.63, 3.8) is 0 Å². The van der Waals surface area contributed by atoms with E-state index in [2.05, 4.69) is 15.3 Å². The van der Waals surface area contributed by atoms with Crippen molar-refractivity contribution in [2.24, 2.45) is 0 Å². The molecule has 2 rings (SSSR count). The lowest BCUT2D eigenvalue weighted by Crippen LogP contribution is -2.17. The third-order valence-electron chi connectivity index (χ3n) is 2.29. The third-order valence-corrected chi connectivity index (χ3v) is 2.45. The van der Waals surface area contributed by atoms with Crippen LogP contribution in [0, 0.1) is 0 Å². The minimum atomic E-state index is -0.575. The molecule has 0 fully saturated rings. The maximum absolute atomic E-state index is 11.4. The quantitative estimate of drug-likeness (QED) is 0.630. The third kappa shape index (κ3) is 4.11. The Kier molecular flexibility index (Phi) is 5.00. The number of aromatic nitrogens is 2. The standard InChI is InChI=1S/C12H14ClN3O3/c13-5-6-18-7-8-19-12(17)16-11-14-9-3-1-2-4-10(9)15-11/h1-4H,5-8H2,(H2,14,15,16,17). The van der Waals surface area contributed by atoms with Crippen molar-refractivity contribution in [2.45, 2.75) is 0 Å². The Bertz CT molecular complexity index is 511. The number of H-pyrrole nitrogens is 1. The number of anilines is 1. The van der Waals surface area contributed by atoms with Gasteiger partial charge in [-0.05, 0) is 12.1 Å². The van der Waals surface area contributed by atoms with Gasteiger partial charge >= 0.3 is 6.09 Å². The van der Waals surface area contributed by atoms with Crippen molar-refractivity contribution in [1.29, 1.82) is 0 Å². The van der Waals surface area contributed by atoms with E-state index in [1.54, 1.807) is 0 Å². The van der Waals surface area contributed by atoms with Gasteiger partial charge in [0.15, 0.2) is 0 Å². The first-order valence-electron chi connectivity index (χ1n) is 5.82. The molecule has 19 heavy (non-hydrogen) atoms. The molecule has 0 atom stereocenters. The lowest BCUT2D eigenvalue weighted by atomic mass is 10.3. The maximum atomic E-state index is 11.4. The Morgan fingerprint density at radius 2 is 2.16 bits per heavy atom. The van der Waals surface area contributed by atoms with Crippen LogP contribution < -0.4 is 5.32 Å². The predicted molar refractivity (Wildman–Crippen MR) is 72.6 cm³/mol. The molecule has 102 valence electrons. The summed E-state index contributed by atoms with van der Waals surface area (Å²) in [6.45, 7) is 0.930. The molecule has 0 aliphatic carbocycles. The minimum Gasteiger partial charge on any atom is -0.447 e. The van der Waals surface area contributed by atoms with Gasteiger partial charge in [0, 0.05) is 5.88 Å². The first kappa shape index (κ1) is 13.6. The molecule has 0 spiro atoms. The molecule has 0 unspecified atom stereocenters. The van der Waals surface area contributed by atoms with E-state index >= 15 is 0 Å². The van der Waals surface area contributed by atoms with E-state index in [9.17, 15) is 4.79 Å². The smallest absolute Gasteiger partial charge is 0.414 e. The van der Waals surface area contributed by atoms with Crippen LogP contribution in [0.3, 0.4) is 0 Å². The summed E-state index contributed by atoms with van der Waals surface area (Å²) in [6.07, 6.45) is -0.575. The fourth-order valence-corrected chi connectivity index (χ4v) is 1.60. The Morgan fingerprint density at radius 1 is 1.32 bits per heavy atom. The number of benzene rings is 1. The number of fused-ring (bicyclic) bond motifs is 1. The fourth-order valence-electron chi connectivity index (χ4n) is 1.49. The molecule has 0 bridgehead atoms. The van der Waals surface area contributed by atoms with Crippen LogP contribution in [-0.2, 0) is 9.47 Å². The minimum absolute atomic E-state index is 0.170. The fraction of sp³-hybridized carbons (Fsp3) is 0.333. The molecule has 1 amide bonds. The molecule has 0 radical (unpaired) electrons. The number of aromatic amines is 1. The Labute approximate surface area is 115 Å². The zero-order chi connectivity index (χ0) is 13.5. The average Bonchev–Trinajstić information content (AvgIpc) is 2.80. The number of ether oxygens (including phenoxy) is 2. The molecule has 0 saturated heterocycles. The summed E-state index contributed by atoms with van der Waals surface area (Å²) in [5.41, 5.74) is 1.63. The van der Waals surface area contributed by atoms with E-state index in [1.807, 2.05) is 24.3 Å². The van der Waals surface area contributed by atoms with Gasteiger partial charge in [0.25, 0.3) is 0 Å². The summed E-state index contributed by atoms with van der Waals surface area (Å²) in [4.78, 5) is 18.6. The van der Waals surface area contributed by atoms with Gasteiger partial charge in [-0.15, -0.1) is 11.6 Å². The van der Waals surface area contributed by atoms with Crippen molar-refractivity contribution >= 4 is 34.7 Å². The Balaban J connectivity index is 1.78. The topological polar surface area (TPSA) is 76.2 Å². The van der Waals surface area contributed by atoms with E-state index in [-0.39, 0.29) is 6.61 Å². The molecule has 1 aromatic heterocycles. The number of imidazole rings is 1. The molecule has 0 saturated carbocycles.